The fourth-order valence-corrected chi connectivity index (χ4v) is 4.59. The molecule has 30 heavy (non-hydrogen) atoms. The molecule has 0 aliphatic carbocycles. The van der Waals surface area contributed by atoms with Crippen LogP contribution in [0.3, 0.4) is 0 Å². The maximum Gasteiger partial charge on any atom is 0.417 e. The van der Waals surface area contributed by atoms with Crippen LogP contribution in [-0.4, -0.2) is 13.4 Å². The number of hydrogen-bond acceptors (Lipinski definition) is 2. The number of H-pyrrole nitrogens is 1. The van der Waals surface area contributed by atoms with Crippen molar-refractivity contribution in [1.29, 1.82) is 0 Å². The van der Waals surface area contributed by atoms with Crippen LogP contribution in [0.4, 0.5) is 18.9 Å². The molecular formula is C21H14ClF3N2O2S. The SMILES string of the molecule is O=S(=O)(Nc1ccc(-c2cc3cc(Cl)ccc3[nH]2)cc1)c1ccccc1C(F)(F)F. The minimum Gasteiger partial charge on any atom is -0.355 e. The maximum atomic E-state index is 13.2. The Bertz CT molecular complexity index is 1330. The summed E-state index contributed by atoms with van der Waals surface area (Å²) in [7, 11) is -4.42. The number of halogens is 4. The first-order valence-electron chi connectivity index (χ1n) is 8.71. The van der Waals surface area contributed by atoms with Crippen molar-refractivity contribution in [3.8, 4) is 11.3 Å². The van der Waals surface area contributed by atoms with E-state index in [2.05, 4.69) is 9.71 Å². The van der Waals surface area contributed by atoms with Gasteiger partial charge in [-0.1, -0.05) is 35.9 Å². The molecule has 4 rings (SSSR count). The van der Waals surface area contributed by atoms with Gasteiger partial charge in [-0.15, -0.1) is 0 Å². The lowest BCUT2D eigenvalue weighted by Crippen LogP contribution is -2.18. The first kappa shape index (κ1) is 20.3. The molecule has 0 atom stereocenters. The molecule has 1 aromatic heterocycles. The molecule has 0 radical (unpaired) electrons. The van der Waals surface area contributed by atoms with Gasteiger partial charge in [-0.05, 0) is 54.1 Å². The Morgan fingerprint density at radius 3 is 2.30 bits per heavy atom. The monoisotopic (exact) mass is 450 g/mol. The van der Waals surface area contributed by atoms with Crippen LogP contribution < -0.4 is 4.72 Å². The summed E-state index contributed by atoms with van der Waals surface area (Å²) in [5.41, 5.74) is 1.40. The molecule has 0 fully saturated rings. The van der Waals surface area contributed by atoms with Crippen molar-refractivity contribution in [3.63, 3.8) is 0 Å². The van der Waals surface area contributed by atoms with Crippen LogP contribution in [0, 0.1) is 0 Å². The highest BCUT2D eigenvalue weighted by atomic mass is 35.5. The third kappa shape index (κ3) is 4.01. The Kier molecular flexibility index (Phi) is 4.99. The predicted octanol–water partition coefficient (Wildman–Crippen LogP) is 6.31. The average molecular weight is 451 g/mol. The van der Waals surface area contributed by atoms with E-state index < -0.39 is 26.7 Å². The van der Waals surface area contributed by atoms with Crippen molar-refractivity contribution in [2.75, 3.05) is 4.72 Å². The largest absolute Gasteiger partial charge is 0.417 e. The van der Waals surface area contributed by atoms with E-state index in [-0.39, 0.29) is 5.69 Å². The van der Waals surface area contributed by atoms with Crippen molar-refractivity contribution in [2.45, 2.75) is 11.1 Å². The Hall–Kier alpha value is -2.97. The number of benzene rings is 3. The van der Waals surface area contributed by atoms with Crippen LogP contribution in [0.15, 0.2) is 77.7 Å². The maximum absolute atomic E-state index is 13.2. The predicted molar refractivity (Wildman–Crippen MR) is 111 cm³/mol. The van der Waals surface area contributed by atoms with Gasteiger partial charge in [0.2, 0.25) is 0 Å². The average Bonchev–Trinajstić information content (AvgIpc) is 3.11. The van der Waals surface area contributed by atoms with Crippen molar-refractivity contribution < 1.29 is 21.6 Å². The lowest BCUT2D eigenvalue weighted by Gasteiger charge is -2.14. The van der Waals surface area contributed by atoms with E-state index in [1.807, 2.05) is 18.2 Å². The molecule has 0 bridgehead atoms. The van der Waals surface area contributed by atoms with Crippen molar-refractivity contribution in [3.05, 3.63) is 83.4 Å². The second-order valence-electron chi connectivity index (χ2n) is 6.59. The zero-order valence-electron chi connectivity index (χ0n) is 15.2. The highest BCUT2D eigenvalue weighted by Crippen LogP contribution is 2.35. The van der Waals surface area contributed by atoms with E-state index in [1.165, 1.54) is 18.2 Å². The number of sulfonamides is 1. The van der Waals surface area contributed by atoms with E-state index in [4.69, 9.17) is 11.6 Å². The van der Waals surface area contributed by atoms with Gasteiger partial charge in [-0.2, -0.15) is 13.2 Å². The first-order valence-corrected chi connectivity index (χ1v) is 10.6. The number of anilines is 1. The minimum atomic E-state index is -4.78. The number of aromatic nitrogens is 1. The van der Waals surface area contributed by atoms with E-state index in [0.717, 1.165) is 40.4 Å². The van der Waals surface area contributed by atoms with Crippen LogP contribution in [0.1, 0.15) is 5.56 Å². The summed E-state index contributed by atoms with van der Waals surface area (Å²) in [6.07, 6.45) is -4.78. The zero-order valence-corrected chi connectivity index (χ0v) is 16.7. The van der Waals surface area contributed by atoms with Crippen LogP contribution in [0.2, 0.25) is 5.02 Å². The zero-order chi connectivity index (χ0) is 21.5. The third-order valence-electron chi connectivity index (χ3n) is 4.51. The molecule has 154 valence electrons. The van der Waals surface area contributed by atoms with Crippen molar-refractivity contribution in [2.24, 2.45) is 0 Å². The molecule has 0 amide bonds. The fraction of sp³-hybridized carbons (Fsp3) is 0.0476. The van der Waals surface area contributed by atoms with E-state index in [9.17, 15) is 21.6 Å². The van der Waals surface area contributed by atoms with E-state index >= 15 is 0 Å². The summed E-state index contributed by atoms with van der Waals surface area (Å²) < 4.78 is 66.8. The van der Waals surface area contributed by atoms with Gasteiger partial charge in [0.1, 0.15) is 0 Å². The molecular weight excluding hydrogens is 437 g/mol. The number of nitrogens with one attached hydrogen (secondary N) is 2. The normalized spacial score (nSPS) is 12.3. The fourth-order valence-electron chi connectivity index (χ4n) is 3.12. The van der Waals surface area contributed by atoms with Gasteiger partial charge in [0.05, 0.1) is 10.5 Å². The molecule has 0 saturated heterocycles. The van der Waals surface area contributed by atoms with Crippen LogP contribution in [0.5, 0.6) is 0 Å². The summed E-state index contributed by atoms with van der Waals surface area (Å²) in [6.45, 7) is 0. The lowest BCUT2D eigenvalue weighted by molar-refractivity contribution is -0.139. The van der Waals surface area contributed by atoms with Gasteiger partial charge in [0.25, 0.3) is 10.0 Å². The lowest BCUT2D eigenvalue weighted by atomic mass is 10.1. The highest BCUT2D eigenvalue weighted by molar-refractivity contribution is 7.92. The van der Waals surface area contributed by atoms with Gasteiger partial charge in [0, 0.05) is 27.3 Å². The van der Waals surface area contributed by atoms with Crippen LogP contribution in [0.25, 0.3) is 22.2 Å². The van der Waals surface area contributed by atoms with Gasteiger partial charge < -0.3 is 4.98 Å². The van der Waals surface area contributed by atoms with Gasteiger partial charge in [0.15, 0.2) is 0 Å². The molecule has 3 aromatic carbocycles. The Balaban J connectivity index is 1.62. The van der Waals surface area contributed by atoms with Crippen molar-refractivity contribution in [1.82, 2.24) is 4.98 Å². The Morgan fingerprint density at radius 2 is 1.60 bits per heavy atom. The van der Waals surface area contributed by atoms with Gasteiger partial charge >= 0.3 is 6.18 Å². The third-order valence-corrected chi connectivity index (χ3v) is 6.19. The topological polar surface area (TPSA) is 62.0 Å². The first-order chi connectivity index (χ1) is 14.1. The van der Waals surface area contributed by atoms with E-state index in [1.54, 1.807) is 18.2 Å². The summed E-state index contributed by atoms with van der Waals surface area (Å²) in [5, 5.41) is 1.53. The quantitative estimate of drug-likeness (QED) is 0.383. The molecule has 0 saturated carbocycles. The van der Waals surface area contributed by atoms with Crippen LogP contribution in [-0.2, 0) is 16.2 Å². The minimum absolute atomic E-state index is 0.148. The molecule has 0 aliphatic rings. The smallest absolute Gasteiger partial charge is 0.355 e. The molecule has 0 unspecified atom stereocenters. The number of hydrogen-bond donors (Lipinski definition) is 2. The number of fused-ring (bicyclic) bond motifs is 1. The summed E-state index contributed by atoms with van der Waals surface area (Å²) in [4.78, 5) is 2.41. The molecule has 1 heterocycles. The van der Waals surface area contributed by atoms with Gasteiger partial charge in [-0.3, -0.25) is 4.72 Å². The van der Waals surface area contributed by atoms with E-state index in [0.29, 0.717) is 5.02 Å². The Labute approximate surface area is 175 Å². The number of aromatic amines is 1. The molecule has 4 aromatic rings. The molecule has 4 nitrogen and oxygen atoms in total. The summed E-state index contributed by atoms with van der Waals surface area (Å²) >= 11 is 6.00. The number of rotatable bonds is 4. The van der Waals surface area contributed by atoms with Crippen LogP contribution >= 0.6 is 11.6 Å². The Morgan fingerprint density at radius 1 is 0.900 bits per heavy atom. The standard InChI is InChI=1S/C21H14ClF3N2O2S/c22-15-7-10-18-14(11-15)12-19(26-18)13-5-8-16(9-6-13)27-30(28,29)20-4-2-1-3-17(20)21(23,24)25/h1-12,26-27H. The van der Waals surface area contributed by atoms with Crippen molar-refractivity contribution >= 4 is 38.2 Å². The summed E-state index contributed by atoms with van der Waals surface area (Å²) in [6, 6.07) is 17.7. The molecule has 2 N–H and O–H groups in total. The second-order valence-corrected chi connectivity index (χ2v) is 8.68. The van der Waals surface area contributed by atoms with Gasteiger partial charge in [-0.25, -0.2) is 8.42 Å². The highest BCUT2D eigenvalue weighted by Gasteiger charge is 2.36. The second kappa shape index (κ2) is 7.37. The summed E-state index contributed by atoms with van der Waals surface area (Å²) in [5.74, 6) is 0. The molecule has 0 spiro atoms. The molecule has 9 heteroatoms. The number of alkyl halides is 3. The molecule has 0 aliphatic heterocycles.